The minimum atomic E-state index is -0.938. The van der Waals surface area contributed by atoms with Gasteiger partial charge in [-0.3, -0.25) is 9.00 Å². The summed E-state index contributed by atoms with van der Waals surface area (Å²) in [7, 11) is -0.938. The van der Waals surface area contributed by atoms with Crippen LogP contribution in [0.1, 0.15) is 17.4 Å². The van der Waals surface area contributed by atoms with Gasteiger partial charge < -0.3 is 15.6 Å². The Labute approximate surface area is 103 Å². The maximum atomic E-state index is 11.7. The van der Waals surface area contributed by atoms with Gasteiger partial charge in [0.1, 0.15) is 5.69 Å². The highest BCUT2D eigenvalue weighted by molar-refractivity contribution is 7.84. The number of amides is 1. The fraction of sp³-hybridized carbons (Fsp3) is 0.600. The van der Waals surface area contributed by atoms with Gasteiger partial charge in [-0.25, -0.2) is 4.98 Å². The number of rotatable bonds is 6. The van der Waals surface area contributed by atoms with Gasteiger partial charge in [-0.1, -0.05) is 0 Å². The Morgan fingerprint density at radius 3 is 3.00 bits per heavy atom. The number of carbonyl (C=O) groups is 1. The lowest BCUT2D eigenvalue weighted by Crippen LogP contribution is -2.32. The molecule has 0 radical (unpaired) electrons. The van der Waals surface area contributed by atoms with Crippen molar-refractivity contribution in [2.45, 2.75) is 18.7 Å². The summed E-state index contributed by atoms with van der Waals surface area (Å²) in [6.45, 7) is 3.34. The third kappa shape index (κ3) is 4.27. The Morgan fingerprint density at radius 2 is 2.41 bits per heavy atom. The van der Waals surface area contributed by atoms with Crippen LogP contribution in [0.5, 0.6) is 0 Å². The second kappa shape index (κ2) is 6.51. The number of hydrogen-bond acceptors (Lipinski definition) is 4. The maximum Gasteiger partial charge on any atom is 0.271 e. The van der Waals surface area contributed by atoms with E-state index in [9.17, 15) is 9.00 Å². The number of nitrogens with one attached hydrogen (secondary N) is 1. The Kier molecular flexibility index (Phi) is 5.30. The molecule has 6 nitrogen and oxygen atoms in total. The molecule has 0 bridgehead atoms. The molecule has 1 rings (SSSR count). The second-order valence-electron chi connectivity index (χ2n) is 3.80. The van der Waals surface area contributed by atoms with Gasteiger partial charge in [0.25, 0.3) is 5.91 Å². The van der Waals surface area contributed by atoms with Crippen molar-refractivity contribution in [3.63, 3.8) is 0 Å². The fourth-order valence-corrected chi connectivity index (χ4v) is 1.51. The molecule has 1 heterocycles. The molecule has 0 saturated carbocycles. The van der Waals surface area contributed by atoms with Gasteiger partial charge in [-0.05, 0) is 6.92 Å². The lowest BCUT2D eigenvalue weighted by Gasteiger charge is -2.08. The normalized spacial score (nSPS) is 14.3. The van der Waals surface area contributed by atoms with Gasteiger partial charge in [0.2, 0.25) is 0 Å². The van der Waals surface area contributed by atoms with E-state index >= 15 is 0 Å². The van der Waals surface area contributed by atoms with Crippen LogP contribution in [-0.2, 0) is 17.3 Å². The van der Waals surface area contributed by atoms with Crippen LogP contribution in [0.2, 0.25) is 0 Å². The molecule has 0 aliphatic heterocycles. The summed E-state index contributed by atoms with van der Waals surface area (Å²) in [5.41, 5.74) is 5.75. The average molecular weight is 258 g/mol. The highest BCUT2D eigenvalue weighted by Crippen LogP contribution is 1.97. The number of nitrogens with two attached hydrogens (primary N) is 1. The molecule has 7 heteroatoms. The third-order valence-electron chi connectivity index (χ3n) is 2.37. The van der Waals surface area contributed by atoms with Crippen LogP contribution in [-0.4, -0.2) is 44.3 Å². The van der Waals surface area contributed by atoms with E-state index in [-0.39, 0.29) is 11.2 Å². The first-order valence-electron chi connectivity index (χ1n) is 5.37. The summed E-state index contributed by atoms with van der Waals surface area (Å²) < 4.78 is 12.9. The number of aromatic nitrogens is 2. The van der Waals surface area contributed by atoms with Crippen molar-refractivity contribution < 1.29 is 9.00 Å². The van der Waals surface area contributed by atoms with Crippen molar-refractivity contribution in [3.8, 4) is 0 Å². The summed E-state index contributed by atoms with van der Waals surface area (Å²) in [6, 6.07) is 0. The molecule has 96 valence electrons. The molecule has 1 amide bonds. The Bertz CT molecular complexity index is 405. The van der Waals surface area contributed by atoms with Crippen LogP contribution in [0.3, 0.4) is 0 Å². The van der Waals surface area contributed by atoms with E-state index in [2.05, 4.69) is 10.3 Å². The molecule has 0 aliphatic rings. The molecular weight excluding hydrogens is 240 g/mol. The minimum absolute atomic E-state index is 0.0647. The molecular formula is C10H18N4O2S. The van der Waals surface area contributed by atoms with Crippen LogP contribution in [0.15, 0.2) is 12.5 Å². The molecule has 1 aromatic heterocycles. The smallest absolute Gasteiger partial charge is 0.271 e. The monoisotopic (exact) mass is 258 g/mol. The molecule has 0 spiro atoms. The van der Waals surface area contributed by atoms with Crippen LogP contribution in [0.25, 0.3) is 0 Å². The van der Waals surface area contributed by atoms with Crippen LogP contribution in [0.4, 0.5) is 0 Å². The lowest BCUT2D eigenvalue weighted by molar-refractivity contribution is 0.0949. The minimum Gasteiger partial charge on any atom is -0.349 e. The third-order valence-corrected chi connectivity index (χ3v) is 3.67. The predicted molar refractivity (Wildman–Crippen MR) is 67.1 cm³/mol. The Balaban J connectivity index is 2.49. The van der Waals surface area contributed by atoms with Crippen molar-refractivity contribution in [2.75, 3.05) is 19.3 Å². The van der Waals surface area contributed by atoms with E-state index in [4.69, 9.17) is 5.73 Å². The number of nitrogens with zero attached hydrogens (tertiary/aromatic N) is 2. The van der Waals surface area contributed by atoms with Gasteiger partial charge >= 0.3 is 0 Å². The topological polar surface area (TPSA) is 90.0 Å². The van der Waals surface area contributed by atoms with E-state index in [1.165, 1.54) is 0 Å². The SMILES string of the molecule is CC(CNC(=O)c1cn(CCN)cn1)S(C)=O. The van der Waals surface area contributed by atoms with Gasteiger partial charge in [0.05, 0.1) is 6.33 Å². The molecule has 0 saturated heterocycles. The standard InChI is InChI=1S/C10H18N4O2S/c1-8(17(2)16)5-12-10(15)9-6-14(4-3-11)7-13-9/h6-8H,3-5,11H2,1-2H3,(H,12,15). The predicted octanol–water partition coefficient (Wildman–Crippen LogP) is -0.661. The Hall–Kier alpha value is -1.21. The first-order valence-corrected chi connectivity index (χ1v) is 6.99. The van der Waals surface area contributed by atoms with Crippen molar-refractivity contribution in [1.82, 2.24) is 14.9 Å². The number of imidazole rings is 1. The molecule has 0 aromatic carbocycles. The van der Waals surface area contributed by atoms with Gasteiger partial charge in [0.15, 0.2) is 0 Å². The summed E-state index contributed by atoms with van der Waals surface area (Å²) >= 11 is 0. The van der Waals surface area contributed by atoms with Crippen molar-refractivity contribution in [2.24, 2.45) is 5.73 Å². The van der Waals surface area contributed by atoms with Crippen molar-refractivity contribution in [1.29, 1.82) is 0 Å². The first-order chi connectivity index (χ1) is 8.04. The Morgan fingerprint density at radius 1 is 1.71 bits per heavy atom. The molecule has 17 heavy (non-hydrogen) atoms. The van der Waals surface area contributed by atoms with E-state index in [1.807, 2.05) is 6.92 Å². The molecule has 2 unspecified atom stereocenters. The average Bonchev–Trinajstić information content (AvgIpc) is 2.74. The summed E-state index contributed by atoms with van der Waals surface area (Å²) in [5.74, 6) is -0.252. The van der Waals surface area contributed by atoms with E-state index in [0.717, 1.165) is 0 Å². The zero-order chi connectivity index (χ0) is 12.8. The molecule has 1 aromatic rings. The van der Waals surface area contributed by atoms with E-state index < -0.39 is 10.8 Å². The molecule has 2 atom stereocenters. The molecule has 0 fully saturated rings. The zero-order valence-corrected chi connectivity index (χ0v) is 10.9. The number of hydrogen-bond donors (Lipinski definition) is 2. The maximum absolute atomic E-state index is 11.7. The first kappa shape index (κ1) is 13.9. The van der Waals surface area contributed by atoms with Gasteiger partial charge in [0, 0.05) is 48.1 Å². The van der Waals surface area contributed by atoms with Crippen LogP contribution < -0.4 is 11.1 Å². The van der Waals surface area contributed by atoms with Crippen LogP contribution in [0, 0.1) is 0 Å². The number of carbonyl (C=O) groups excluding carboxylic acids is 1. The summed E-state index contributed by atoms with van der Waals surface area (Å²) in [6.07, 6.45) is 4.84. The zero-order valence-electron chi connectivity index (χ0n) is 10.0. The second-order valence-corrected chi connectivity index (χ2v) is 5.61. The van der Waals surface area contributed by atoms with Gasteiger partial charge in [-0.15, -0.1) is 0 Å². The lowest BCUT2D eigenvalue weighted by atomic mass is 10.4. The fourth-order valence-electron chi connectivity index (χ4n) is 1.19. The van der Waals surface area contributed by atoms with E-state index in [1.54, 1.807) is 23.3 Å². The van der Waals surface area contributed by atoms with Crippen LogP contribution >= 0.6 is 0 Å². The van der Waals surface area contributed by atoms with Crippen molar-refractivity contribution in [3.05, 3.63) is 18.2 Å². The highest BCUT2D eigenvalue weighted by Gasteiger charge is 2.12. The molecule has 3 N–H and O–H groups in total. The highest BCUT2D eigenvalue weighted by atomic mass is 32.2. The summed E-state index contributed by atoms with van der Waals surface area (Å²) in [4.78, 5) is 15.6. The van der Waals surface area contributed by atoms with E-state index in [0.29, 0.717) is 25.3 Å². The van der Waals surface area contributed by atoms with Crippen molar-refractivity contribution >= 4 is 16.7 Å². The summed E-state index contributed by atoms with van der Waals surface area (Å²) in [5, 5.41) is 2.63. The quantitative estimate of drug-likeness (QED) is 0.708. The van der Waals surface area contributed by atoms with Gasteiger partial charge in [-0.2, -0.15) is 0 Å². The largest absolute Gasteiger partial charge is 0.349 e. The molecule has 0 aliphatic carbocycles.